The van der Waals surface area contributed by atoms with Crippen LogP contribution in [-0.4, -0.2) is 37.2 Å². The summed E-state index contributed by atoms with van der Waals surface area (Å²) in [4.78, 5) is 22.8. The molecule has 12 heteroatoms. The van der Waals surface area contributed by atoms with Crippen molar-refractivity contribution < 1.29 is 27.5 Å². The minimum atomic E-state index is -5.08. The topological polar surface area (TPSA) is 126 Å². The molecule has 0 saturated heterocycles. The fourth-order valence-corrected chi connectivity index (χ4v) is 3.53. The molecule has 9 nitrogen and oxygen atoms in total. The molecular formula is C20H24F3N5O4. The number of halogens is 3. The van der Waals surface area contributed by atoms with E-state index in [1.54, 1.807) is 0 Å². The number of aromatic nitrogens is 4. The summed E-state index contributed by atoms with van der Waals surface area (Å²) in [6.07, 6.45) is 3.29. The summed E-state index contributed by atoms with van der Waals surface area (Å²) in [5, 5.41) is 19.2. The smallest absolute Gasteiger partial charge is 0.475 e. The Morgan fingerprint density at radius 1 is 1.34 bits per heavy atom. The minimum Gasteiger partial charge on any atom is -0.475 e. The number of alkyl halides is 3. The van der Waals surface area contributed by atoms with Crippen molar-refractivity contribution in [3.63, 3.8) is 0 Å². The summed E-state index contributed by atoms with van der Waals surface area (Å²) < 4.78 is 38.9. The van der Waals surface area contributed by atoms with Gasteiger partial charge in [-0.05, 0) is 37.5 Å². The van der Waals surface area contributed by atoms with Crippen LogP contribution in [0.4, 0.5) is 13.2 Å². The van der Waals surface area contributed by atoms with Gasteiger partial charge in [-0.25, -0.2) is 14.3 Å². The van der Waals surface area contributed by atoms with E-state index in [-0.39, 0.29) is 6.04 Å². The molecule has 2 heterocycles. The summed E-state index contributed by atoms with van der Waals surface area (Å²) in [6, 6.07) is 6.37. The molecule has 1 aliphatic carbocycles. The number of carbonyl (C=O) groups is 1. The van der Waals surface area contributed by atoms with Gasteiger partial charge in [-0.1, -0.05) is 30.5 Å². The molecule has 0 radical (unpaired) electrons. The summed E-state index contributed by atoms with van der Waals surface area (Å²) in [5.74, 6) is -3.18. The lowest BCUT2D eigenvalue weighted by atomic mass is 9.96. The summed E-state index contributed by atoms with van der Waals surface area (Å²) in [7, 11) is 0. The number of carboxylic acid groups (broad SMARTS) is 1. The Hall–Kier alpha value is -3.15. The second kappa shape index (κ2) is 9.98. The molecule has 4 rings (SSSR count). The number of H-pyrrole nitrogens is 1. The van der Waals surface area contributed by atoms with Gasteiger partial charge in [0.15, 0.2) is 5.58 Å². The molecular weight excluding hydrogens is 431 g/mol. The largest absolute Gasteiger partial charge is 0.490 e. The molecule has 0 amide bonds. The Labute approximate surface area is 180 Å². The maximum atomic E-state index is 11.3. The lowest BCUT2D eigenvalue weighted by Crippen LogP contribution is -2.21. The van der Waals surface area contributed by atoms with Gasteiger partial charge in [0.1, 0.15) is 0 Å². The zero-order valence-electron chi connectivity index (χ0n) is 17.4. The average molecular weight is 455 g/mol. The Morgan fingerprint density at radius 2 is 2.03 bits per heavy atom. The maximum Gasteiger partial charge on any atom is 0.490 e. The summed E-state index contributed by atoms with van der Waals surface area (Å²) >= 11 is 0. The molecule has 1 saturated carbocycles. The van der Waals surface area contributed by atoms with Gasteiger partial charge in [0.05, 0.1) is 23.4 Å². The number of fused-ring (bicyclic) bond motifs is 1. The second-order valence-electron chi connectivity index (χ2n) is 7.66. The van der Waals surface area contributed by atoms with Gasteiger partial charge in [-0.3, -0.25) is 4.98 Å². The maximum absolute atomic E-state index is 11.3. The highest BCUT2D eigenvalue weighted by Gasteiger charge is 2.38. The molecule has 1 fully saturated rings. The number of hydrogen-bond acceptors (Lipinski definition) is 6. The van der Waals surface area contributed by atoms with Crippen molar-refractivity contribution in [2.24, 2.45) is 0 Å². The molecule has 3 N–H and O–H groups in total. The van der Waals surface area contributed by atoms with Crippen molar-refractivity contribution >= 4 is 17.1 Å². The van der Waals surface area contributed by atoms with E-state index >= 15 is 0 Å². The third kappa shape index (κ3) is 6.19. The van der Waals surface area contributed by atoms with Crippen molar-refractivity contribution in [2.75, 3.05) is 0 Å². The first kappa shape index (κ1) is 23.5. The zero-order valence-corrected chi connectivity index (χ0v) is 17.4. The second-order valence-corrected chi connectivity index (χ2v) is 7.66. The quantitative estimate of drug-likeness (QED) is 0.535. The molecule has 1 aliphatic rings. The van der Waals surface area contributed by atoms with Crippen molar-refractivity contribution in [2.45, 2.75) is 63.8 Å². The van der Waals surface area contributed by atoms with E-state index in [1.165, 1.54) is 32.1 Å². The third-order valence-corrected chi connectivity index (χ3v) is 5.28. The molecule has 1 unspecified atom stereocenters. The normalized spacial score (nSPS) is 15.9. The molecule has 1 atom stereocenters. The summed E-state index contributed by atoms with van der Waals surface area (Å²) in [6.45, 7) is 2.74. The van der Waals surface area contributed by atoms with Gasteiger partial charge in [0.2, 0.25) is 0 Å². The van der Waals surface area contributed by atoms with Gasteiger partial charge in [-0.15, -0.1) is 5.10 Å². The van der Waals surface area contributed by atoms with E-state index in [0.29, 0.717) is 18.2 Å². The molecule has 1 aromatic carbocycles. The van der Waals surface area contributed by atoms with Crippen LogP contribution in [0, 0.1) is 0 Å². The predicted molar refractivity (Wildman–Crippen MR) is 108 cm³/mol. The number of oxazole rings is 1. The number of benzene rings is 1. The van der Waals surface area contributed by atoms with Gasteiger partial charge in [-0.2, -0.15) is 13.2 Å². The van der Waals surface area contributed by atoms with Gasteiger partial charge in [0, 0.05) is 12.6 Å². The highest BCUT2D eigenvalue weighted by atomic mass is 19.4. The summed E-state index contributed by atoms with van der Waals surface area (Å²) in [5.41, 5.74) is 3.32. The Bertz CT molecular complexity index is 1100. The lowest BCUT2D eigenvalue weighted by Gasteiger charge is -2.21. The number of aliphatic carboxylic acids is 1. The first-order valence-electron chi connectivity index (χ1n) is 10.2. The number of aromatic amines is 1. The van der Waals surface area contributed by atoms with Gasteiger partial charge < -0.3 is 14.8 Å². The number of hydrogen-bond donors (Lipinski definition) is 3. The van der Waals surface area contributed by atoms with Crippen LogP contribution in [0.1, 0.15) is 62.4 Å². The van der Waals surface area contributed by atoms with Crippen molar-refractivity contribution in [1.29, 1.82) is 0 Å². The molecule has 0 spiro atoms. The Kier molecular flexibility index (Phi) is 7.33. The molecule has 0 bridgehead atoms. The van der Waals surface area contributed by atoms with E-state index in [2.05, 4.69) is 33.7 Å². The van der Waals surface area contributed by atoms with Crippen LogP contribution in [0.15, 0.2) is 33.6 Å². The first-order valence-corrected chi connectivity index (χ1v) is 10.2. The first-order chi connectivity index (χ1) is 15.1. The van der Waals surface area contributed by atoms with E-state index in [0.717, 1.165) is 16.8 Å². The average Bonchev–Trinajstić information content (AvgIpc) is 3.37. The highest BCUT2D eigenvalue weighted by Crippen LogP contribution is 2.27. The van der Waals surface area contributed by atoms with Crippen LogP contribution in [0.2, 0.25) is 0 Å². The van der Waals surface area contributed by atoms with Crippen molar-refractivity contribution in [3.8, 4) is 0 Å². The number of nitrogens with one attached hydrogen (secondary N) is 2. The fraction of sp³-hybridized carbons (Fsp3) is 0.500. The van der Waals surface area contributed by atoms with Crippen LogP contribution in [-0.2, 0) is 11.3 Å². The zero-order chi connectivity index (χ0) is 23.3. The third-order valence-electron chi connectivity index (χ3n) is 5.28. The van der Waals surface area contributed by atoms with Crippen LogP contribution in [0.3, 0.4) is 0 Å². The van der Waals surface area contributed by atoms with Gasteiger partial charge in [0.25, 0.3) is 0 Å². The molecule has 0 aliphatic heterocycles. The van der Waals surface area contributed by atoms with Crippen LogP contribution >= 0.6 is 0 Å². The number of rotatable bonds is 5. The minimum absolute atomic E-state index is 0.115. The fourth-order valence-electron chi connectivity index (χ4n) is 3.53. The van der Waals surface area contributed by atoms with Crippen LogP contribution < -0.4 is 11.1 Å². The number of carboxylic acids is 1. The van der Waals surface area contributed by atoms with Crippen LogP contribution in [0.5, 0.6) is 0 Å². The molecule has 174 valence electrons. The van der Waals surface area contributed by atoms with Crippen LogP contribution in [0.25, 0.3) is 11.1 Å². The van der Waals surface area contributed by atoms with Gasteiger partial charge >= 0.3 is 17.9 Å². The van der Waals surface area contributed by atoms with E-state index < -0.39 is 17.9 Å². The molecule has 2 aromatic heterocycles. The standard InChI is InChI=1S/C18H23N5O2.C2HF3O2/c1-12(13-7-8-16-17(9-13)25-18(24)20-16)19-10-14-11-23(22-21-14)15-5-3-2-4-6-15;3-2(4,5)1(6)7/h7-9,11-12,15,19H,2-6,10H2,1H3,(H,20,24);(H,6,7). The number of nitrogens with zero attached hydrogens (tertiary/aromatic N) is 3. The monoisotopic (exact) mass is 455 g/mol. The Balaban J connectivity index is 0.000000360. The van der Waals surface area contributed by atoms with E-state index in [1.807, 2.05) is 22.9 Å². The SMILES string of the molecule is CC(NCc1cn(C2CCCCC2)nn1)c1ccc2[nH]c(=O)oc2c1.O=C(O)C(F)(F)F. The van der Waals surface area contributed by atoms with E-state index in [4.69, 9.17) is 14.3 Å². The van der Waals surface area contributed by atoms with Crippen molar-refractivity contribution in [1.82, 2.24) is 25.3 Å². The van der Waals surface area contributed by atoms with Crippen molar-refractivity contribution in [3.05, 3.63) is 46.2 Å². The highest BCUT2D eigenvalue weighted by molar-refractivity contribution is 5.73. The Morgan fingerprint density at radius 3 is 2.69 bits per heavy atom. The predicted octanol–water partition coefficient (Wildman–Crippen LogP) is 3.70. The van der Waals surface area contributed by atoms with E-state index in [9.17, 15) is 18.0 Å². The molecule has 32 heavy (non-hydrogen) atoms. The molecule has 3 aromatic rings. The lowest BCUT2D eigenvalue weighted by molar-refractivity contribution is -0.192.